The standard InChI is InChI=1S/C21H25FN4S/c1-12-7-17(8-13(2)23-12)9-16-5-6-26(11-16)14(3)20-18(22)10-19-21(25-20)24-15(4)27-19/h7-8,10,14,16H,5-6,9,11H2,1-4H3/t14?,16-/m0/s1. The van der Waals surface area contributed by atoms with Crippen LogP contribution in [0.4, 0.5) is 4.39 Å². The van der Waals surface area contributed by atoms with Gasteiger partial charge in [0.1, 0.15) is 5.82 Å². The van der Waals surface area contributed by atoms with E-state index in [1.54, 1.807) is 6.07 Å². The predicted octanol–water partition coefficient (Wildman–Crippen LogP) is 4.78. The summed E-state index contributed by atoms with van der Waals surface area (Å²) in [5.41, 5.74) is 4.68. The van der Waals surface area contributed by atoms with Crippen LogP contribution in [-0.4, -0.2) is 32.9 Å². The summed E-state index contributed by atoms with van der Waals surface area (Å²) < 4.78 is 15.5. The molecule has 0 spiro atoms. The molecule has 0 N–H and O–H groups in total. The van der Waals surface area contributed by atoms with Gasteiger partial charge in [-0.25, -0.2) is 14.4 Å². The summed E-state index contributed by atoms with van der Waals surface area (Å²) in [5, 5.41) is 0.922. The minimum Gasteiger partial charge on any atom is -0.295 e. The largest absolute Gasteiger partial charge is 0.295 e. The molecule has 1 saturated heterocycles. The SMILES string of the molecule is Cc1cc(C[C@@H]2CCN(C(C)c3nc4nc(C)sc4cc3F)C2)cc(C)n1. The Morgan fingerprint density at radius 2 is 1.89 bits per heavy atom. The molecule has 1 aliphatic heterocycles. The van der Waals surface area contributed by atoms with Crippen molar-refractivity contribution in [1.29, 1.82) is 0 Å². The summed E-state index contributed by atoms with van der Waals surface area (Å²) in [5.74, 6) is 0.365. The molecule has 1 aliphatic rings. The monoisotopic (exact) mass is 384 g/mol. The summed E-state index contributed by atoms with van der Waals surface area (Å²) in [6.45, 7) is 10.0. The van der Waals surface area contributed by atoms with Crippen LogP contribution in [0, 0.1) is 32.5 Å². The molecule has 0 amide bonds. The Morgan fingerprint density at radius 3 is 2.63 bits per heavy atom. The number of rotatable bonds is 4. The molecule has 0 aromatic carbocycles. The Kier molecular flexibility index (Phi) is 4.95. The van der Waals surface area contributed by atoms with Crippen LogP contribution in [-0.2, 0) is 6.42 Å². The van der Waals surface area contributed by atoms with Gasteiger partial charge in [0.15, 0.2) is 5.65 Å². The second-order valence-corrected chi connectivity index (χ2v) is 8.93. The van der Waals surface area contributed by atoms with Crippen LogP contribution in [0.25, 0.3) is 10.3 Å². The average molecular weight is 385 g/mol. The topological polar surface area (TPSA) is 41.9 Å². The summed E-state index contributed by atoms with van der Waals surface area (Å²) in [7, 11) is 0. The Morgan fingerprint density at radius 1 is 1.15 bits per heavy atom. The molecule has 2 atom stereocenters. The molecular formula is C21H25FN4S. The molecule has 6 heteroatoms. The van der Waals surface area contributed by atoms with Gasteiger partial charge in [-0.1, -0.05) is 0 Å². The predicted molar refractivity (Wildman–Crippen MR) is 108 cm³/mol. The van der Waals surface area contributed by atoms with Gasteiger partial charge in [-0.2, -0.15) is 0 Å². The van der Waals surface area contributed by atoms with Gasteiger partial charge in [0.05, 0.1) is 21.4 Å². The molecule has 142 valence electrons. The van der Waals surface area contributed by atoms with Gasteiger partial charge in [-0.3, -0.25) is 9.88 Å². The van der Waals surface area contributed by atoms with Gasteiger partial charge in [0.25, 0.3) is 0 Å². The lowest BCUT2D eigenvalue weighted by molar-refractivity contribution is 0.243. The molecule has 4 heterocycles. The highest BCUT2D eigenvalue weighted by atomic mass is 32.1. The summed E-state index contributed by atoms with van der Waals surface area (Å²) in [6.07, 6.45) is 2.18. The second kappa shape index (κ2) is 7.24. The van der Waals surface area contributed by atoms with Crippen LogP contribution in [0.5, 0.6) is 0 Å². The molecule has 4 rings (SSSR count). The van der Waals surface area contributed by atoms with Crippen molar-refractivity contribution in [3.8, 4) is 0 Å². The molecule has 0 radical (unpaired) electrons. The number of pyridine rings is 2. The maximum Gasteiger partial charge on any atom is 0.171 e. The third-order valence-electron chi connectivity index (χ3n) is 5.40. The van der Waals surface area contributed by atoms with E-state index in [4.69, 9.17) is 0 Å². The van der Waals surface area contributed by atoms with E-state index in [0.29, 0.717) is 17.3 Å². The Bertz CT molecular complexity index is 963. The molecule has 4 nitrogen and oxygen atoms in total. The van der Waals surface area contributed by atoms with Crippen molar-refractivity contribution in [3.05, 3.63) is 51.7 Å². The quantitative estimate of drug-likeness (QED) is 0.649. The average Bonchev–Trinajstić information content (AvgIpc) is 3.18. The van der Waals surface area contributed by atoms with Crippen molar-refractivity contribution in [2.45, 2.75) is 46.6 Å². The lowest BCUT2D eigenvalue weighted by Gasteiger charge is -2.24. The molecule has 0 aliphatic carbocycles. The summed E-state index contributed by atoms with van der Waals surface area (Å²) in [6, 6.07) is 5.91. The Hall–Kier alpha value is -1.92. The fraction of sp³-hybridized carbons (Fsp3) is 0.476. The maximum absolute atomic E-state index is 14.6. The minimum atomic E-state index is -0.220. The van der Waals surface area contributed by atoms with Crippen LogP contribution in [0.3, 0.4) is 0 Å². The van der Waals surface area contributed by atoms with Crippen LogP contribution in [0.2, 0.25) is 0 Å². The first-order chi connectivity index (χ1) is 12.9. The highest BCUT2D eigenvalue weighted by Crippen LogP contribution is 2.31. The van der Waals surface area contributed by atoms with Gasteiger partial charge in [0, 0.05) is 17.9 Å². The molecule has 27 heavy (non-hydrogen) atoms. The van der Waals surface area contributed by atoms with Crippen molar-refractivity contribution >= 4 is 21.7 Å². The van der Waals surface area contributed by atoms with Crippen molar-refractivity contribution < 1.29 is 4.39 Å². The van der Waals surface area contributed by atoms with Gasteiger partial charge in [-0.05, 0) is 76.8 Å². The van der Waals surface area contributed by atoms with Crippen molar-refractivity contribution in [3.63, 3.8) is 0 Å². The van der Waals surface area contributed by atoms with Gasteiger partial charge in [-0.15, -0.1) is 11.3 Å². The Labute approximate surface area is 163 Å². The number of aromatic nitrogens is 3. The fourth-order valence-corrected chi connectivity index (χ4v) is 4.98. The van der Waals surface area contributed by atoms with Crippen molar-refractivity contribution in [1.82, 2.24) is 19.9 Å². The van der Waals surface area contributed by atoms with Gasteiger partial charge >= 0.3 is 0 Å². The van der Waals surface area contributed by atoms with Crippen LogP contribution < -0.4 is 0 Å². The van der Waals surface area contributed by atoms with Gasteiger partial charge in [0.2, 0.25) is 0 Å². The first kappa shape index (κ1) is 18.4. The van der Waals surface area contributed by atoms with E-state index in [1.165, 1.54) is 16.9 Å². The molecule has 3 aromatic heterocycles. The number of fused-ring (bicyclic) bond motifs is 1. The maximum atomic E-state index is 14.6. The molecular weight excluding hydrogens is 359 g/mol. The molecule has 0 saturated carbocycles. The number of hydrogen-bond acceptors (Lipinski definition) is 5. The van der Waals surface area contributed by atoms with E-state index in [0.717, 1.165) is 47.0 Å². The lowest BCUT2D eigenvalue weighted by atomic mass is 9.98. The number of thiazole rings is 1. The molecule has 1 unspecified atom stereocenters. The van der Waals surface area contributed by atoms with Gasteiger partial charge < -0.3 is 0 Å². The summed E-state index contributed by atoms with van der Waals surface area (Å²) >= 11 is 1.49. The molecule has 3 aromatic rings. The van der Waals surface area contributed by atoms with E-state index < -0.39 is 0 Å². The Balaban J connectivity index is 1.49. The smallest absolute Gasteiger partial charge is 0.171 e. The third kappa shape index (κ3) is 3.87. The molecule has 0 bridgehead atoms. The number of hydrogen-bond donors (Lipinski definition) is 0. The zero-order valence-corrected chi connectivity index (χ0v) is 17.1. The summed E-state index contributed by atoms with van der Waals surface area (Å²) in [4.78, 5) is 15.8. The van der Waals surface area contributed by atoms with E-state index in [2.05, 4.69) is 38.9 Å². The first-order valence-corrected chi connectivity index (χ1v) is 10.3. The molecule has 1 fully saturated rings. The number of likely N-dealkylation sites (tertiary alicyclic amines) is 1. The van der Waals surface area contributed by atoms with Crippen molar-refractivity contribution in [2.24, 2.45) is 5.92 Å². The van der Waals surface area contributed by atoms with E-state index in [9.17, 15) is 4.39 Å². The number of halogens is 1. The first-order valence-electron chi connectivity index (χ1n) is 9.51. The van der Waals surface area contributed by atoms with Crippen LogP contribution >= 0.6 is 11.3 Å². The normalized spacial score (nSPS) is 19.1. The highest BCUT2D eigenvalue weighted by molar-refractivity contribution is 7.18. The second-order valence-electron chi connectivity index (χ2n) is 7.70. The van der Waals surface area contributed by atoms with E-state index >= 15 is 0 Å². The number of nitrogens with zero attached hydrogens (tertiary/aromatic N) is 4. The van der Waals surface area contributed by atoms with Crippen LogP contribution in [0.15, 0.2) is 18.2 Å². The minimum absolute atomic E-state index is 0.0395. The third-order valence-corrected chi connectivity index (χ3v) is 6.30. The van der Waals surface area contributed by atoms with Crippen LogP contribution in [0.1, 0.15) is 47.0 Å². The highest BCUT2D eigenvalue weighted by Gasteiger charge is 2.29. The zero-order valence-electron chi connectivity index (χ0n) is 16.3. The lowest BCUT2D eigenvalue weighted by Crippen LogP contribution is -2.26. The fourth-order valence-electron chi connectivity index (χ4n) is 4.18. The number of aryl methyl sites for hydroxylation is 3. The zero-order chi connectivity index (χ0) is 19.1. The van der Waals surface area contributed by atoms with E-state index in [-0.39, 0.29) is 11.9 Å². The van der Waals surface area contributed by atoms with E-state index in [1.807, 2.05) is 20.8 Å². The van der Waals surface area contributed by atoms with Crippen molar-refractivity contribution in [2.75, 3.05) is 13.1 Å².